The third-order valence-corrected chi connectivity index (χ3v) is 4.08. The third-order valence-electron chi connectivity index (χ3n) is 4.08. The molecule has 0 atom stereocenters. The number of nitrogens with one attached hydrogen (secondary N) is 1. The molecule has 25 heavy (non-hydrogen) atoms. The molecule has 0 saturated heterocycles. The van der Waals surface area contributed by atoms with Gasteiger partial charge in [-0.3, -0.25) is 4.99 Å². The first kappa shape index (κ1) is 15.2. The van der Waals surface area contributed by atoms with E-state index >= 15 is 0 Å². The number of nitrogens with zero attached hydrogens (tertiary/aromatic N) is 1. The van der Waals surface area contributed by atoms with E-state index in [0.29, 0.717) is 0 Å². The number of rotatable bonds is 4. The van der Waals surface area contributed by atoms with E-state index in [1.165, 1.54) is 10.8 Å². The molecule has 4 aromatic rings. The van der Waals surface area contributed by atoms with Crippen molar-refractivity contribution in [2.45, 2.75) is 0 Å². The van der Waals surface area contributed by atoms with Crippen molar-refractivity contribution in [1.82, 2.24) is 0 Å². The fourth-order valence-corrected chi connectivity index (χ4v) is 2.81. The normalized spacial score (nSPS) is 11.0. The zero-order valence-corrected chi connectivity index (χ0v) is 13.8. The highest BCUT2D eigenvalue weighted by atomic mass is 14.9. The lowest BCUT2D eigenvalue weighted by Crippen LogP contribution is -1.96. The Morgan fingerprint density at radius 1 is 0.640 bits per heavy atom. The SMILES string of the molecule is C(=Nc1ccccc1)c1cc2ccccc2cc1Nc1ccccc1. The van der Waals surface area contributed by atoms with Crippen LogP contribution in [0, 0.1) is 0 Å². The van der Waals surface area contributed by atoms with Crippen LogP contribution in [0.25, 0.3) is 10.8 Å². The van der Waals surface area contributed by atoms with E-state index in [1.54, 1.807) is 0 Å². The van der Waals surface area contributed by atoms with Gasteiger partial charge in [0.25, 0.3) is 0 Å². The smallest absolute Gasteiger partial charge is 0.0629 e. The van der Waals surface area contributed by atoms with Gasteiger partial charge in [-0.2, -0.15) is 0 Å². The molecule has 120 valence electrons. The molecule has 0 heterocycles. The molecule has 0 aliphatic rings. The fraction of sp³-hybridized carbons (Fsp3) is 0. The summed E-state index contributed by atoms with van der Waals surface area (Å²) >= 11 is 0. The molecule has 2 nitrogen and oxygen atoms in total. The lowest BCUT2D eigenvalue weighted by Gasteiger charge is -2.11. The second-order valence-electron chi connectivity index (χ2n) is 5.87. The molecule has 0 bridgehead atoms. The summed E-state index contributed by atoms with van der Waals surface area (Å²) in [6.45, 7) is 0. The van der Waals surface area contributed by atoms with E-state index < -0.39 is 0 Å². The van der Waals surface area contributed by atoms with Gasteiger partial charge in [0, 0.05) is 23.2 Å². The minimum Gasteiger partial charge on any atom is -0.355 e. The molecule has 1 N–H and O–H groups in total. The van der Waals surface area contributed by atoms with E-state index in [2.05, 4.69) is 58.8 Å². The predicted molar refractivity (Wildman–Crippen MR) is 107 cm³/mol. The summed E-state index contributed by atoms with van der Waals surface area (Å²) < 4.78 is 0. The molecular formula is C23H18N2. The number of fused-ring (bicyclic) bond motifs is 1. The lowest BCUT2D eigenvalue weighted by atomic mass is 10.0. The van der Waals surface area contributed by atoms with Crippen LogP contribution in [0.1, 0.15) is 5.56 Å². The van der Waals surface area contributed by atoms with Gasteiger partial charge in [-0.25, -0.2) is 0 Å². The molecule has 0 fully saturated rings. The second-order valence-corrected chi connectivity index (χ2v) is 5.87. The van der Waals surface area contributed by atoms with Gasteiger partial charge in [0.05, 0.1) is 5.69 Å². The molecule has 2 heteroatoms. The maximum atomic E-state index is 4.62. The zero-order chi connectivity index (χ0) is 16.9. The van der Waals surface area contributed by atoms with Gasteiger partial charge in [-0.15, -0.1) is 0 Å². The molecule has 4 aromatic carbocycles. The monoisotopic (exact) mass is 322 g/mol. The molecule has 0 radical (unpaired) electrons. The van der Waals surface area contributed by atoms with Crippen molar-refractivity contribution in [2.24, 2.45) is 4.99 Å². The van der Waals surface area contributed by atoms with Gasteiger partial charge in [0.1, 0.15) is 0 Å². The number of benzene rings is 4. The maximum absolute atomic E-state index is 4.62. The van der Waals surface area contributed by atoms with Gasteiger partial charge in [-0.05, 0) is 47.2 Å². The molecule has 0 aromatic heterocycles. The van der Waals surface area contributed by atoms with Crippen molar-refractivity contribution in [3.8, 4) is 0 Å². The van der Waals surface area contributed by atoms with Crippen molar-refractivity contribution >= 4 is 34.0 Å². The highest BCUT2D eigenvalue weighted by Crippen LogP contribution is 2.26. The van der Waals surface area contributed by atoms with Crippen molar-refractivity contribution in [3.05, 3.63) is 103 Å². The van der Waals surface area contributed by atoms with E-state index in [-0.39, 0.29) is 0 Å². The zero-order valence-electron chi connectivity index (χ0n) is 13.8. The van der Waals surface area contributed by atoms with E-state index in [0.717, 1.165) is 22.6 Å². The minimum atomic E-state index is 0.946. The Hall–Kier alpha value is -3.39. The highest BCUT2D eigenvalue weighted by molar-refractivity contribution is 5.98. The average Bonchev–Trinajstić information content (AvgIpc) is 2.68. The number of hydrogen-bond donors (Lipinski definition) is 1. The molecule has 0 aliphatic heterocycles. The second kappa shape index (κ2) is 7.02. The van der Waals surface area contributed by atoms with Crippen LogP contribution < -0.4 is 5.32 Å². The molecule has 0 aliphatic carbocycles. The van der Waals surface area contributed by atoms with Gasteiger partial charge < -0.3 is 5.32 Å². The van der Waals surface area contributed by atoms with Crippen LogP contribution in [0.4, 0.5) is 17.1 Å². The number of aliphatic imine (C=N–C) groups is 1. The quantitative estimate of drug-likeness (QED) is 0.436. The van der Waals surface area contributed by atoms with Crippen molar-refractivity contribution in [3.63, 3.8) is 0 Å². The third kappa shape index (κ3) is 3.59. The summed E-state index contributed by atoms with van der Waals surface area (Å²) in [5.74, 6) is 0. The summed E-state index contributed by atoms with van der Waals surface area (Å²) in [5.41, 5.74) is 4.12. The van der Waals surface area contributed by atoms with Crippen LogP contribution in [0.3, 0.4) is 0 Å². The molecule has 0 saturated carbocycles. The number of hydrogen-bond acceptors (Lipinski definition) is 2. The Morgan fingerprint density at radius 2 is 1.24 bits per heavy atom. The molecule has 4 rings (SSSR count). The standard InChI is InChI=1S/C23H18N2/c1-3-11-21(12-4-1)24-17-20-15-18-9-7-8-10-19(18)16-23(20)25-22-13-5-2-6-14-22/h1-17,25H. The summed E-state index contributed by atoms with van der Waals surface area (Å²) in [6.07, 6.45) is 1.92. The van der Waals surface area contributed by atoms with Crippen molar-refractivity contribution in [1.29, 1.82) is 0 Å². The molecule has 0 unspecified atom stereocenters. The molecule has 0 spiro atoms. The minimum absolute atomic E-state index is 0.946. The van der Waals surface area contributed by atoms with Crippen LogP contribution in [-0.4, -0.2) is 6.21 Å². The van der Waals surface area contributed by atoms with Gasteiger partial charge in [0.2, 0.25) is 0 Å². The Morgan fingerprint density at radius 3 is 1.96 bits per heavy atom. The predicted octanol–water partition coefficient (Wildman–Crippen LogP) is 6.33. The van der Waals surface area contributed by atoms with Gasteiger partial charge in [0.15, 0.2) is 0 Å². The van der Waals surface area contributed by atoms with E-state index in [9.17, 15) is 0 Å². The maximum Gasteiger partial charge on any atom is 0.0629 e. The Labute approximate surface area is 147 Å². The van der Waals surface area contributed by atoms with Crippen LogP contribution in [-0.2, 0) is 0 Å². The Balaban J connectivity index is 1.77. The van der Waals surface area contributed by atoms with Gasteiger partial charge >= 0.3 is 0 Å². The number of para-hydroxylation sites is 2. The average molecular weight is 322 g/mol. The lowest BCUT2D eigenvalue weighted by molar-refractivity contribution is 1.51. The largest absolute Gasteiger partial charge is 0.355 e. The molecular weight excluding hydrogens is 304 g/mol. The first-order valence-corrected chi connectivity index (χ1v) is 8.32. The van der Waals surface area contributed by atoms with E-state index in [4.69, 9.17) is 0 Å². The topological polar surface area (TPSA) is 24.4 Å². The van der Waals surface area contributed by atoms with Gasteiger partial charge in [-0.1, -0.05) is 60.7 Å². The van der Waals surface area contributed by atoms with Crippen molar-refractivity contribution in [2.75, 3.05) is 5.32 Å². The van der Waals surface area contributed by atoms with Crippen LogP contribution in [0.15, 0.2) is 102 Å². The summed E-state index contributed by atoms with van der Waals surface area (Å²) in [6, 6.07) is 32.9. The van der Waals surface area contributed by atoms with Crippen LogP contribution >= 0.6 is 0 Å². The summed E-state index contributed by atoms with van der Waals surface area (Å²) in [5, 5.41) is 5.92. The Kier molecular flexibility index (Phi) is 4.25. The van der Waals surface area contributed by atoms with Crippen LogP contribution in [0.2, 0.25) is 0 Å². The summed E-state index contributed by atoms with van der Waals surface area (Å²) in [4.78, 5) is 4.62. The Bertz CT molecular complexity index is 1010. The first-order valence-electron chi connectivity index (χ1n) is 8.32. The molecule has 0 amide bonds. The highest BCUT2D eigenvalue weighted by Gasteiger charge is 2.04. The first-order chi connectivity index (χ1) is 12.4. The van der Waals surface area contributed by atoms with Crippen molar-refractivity contribution < 1.29 is 0 Å². The number of anilines is 2. The van der Waals surface area contributed by atoms with E-state index in [1.807, 2.05) is 54.7 Å². The summed E-state index contributed by atoms with van der Waals surface area (Å²) in [7, 11) is 0. The fourth-order valence-electron chi connectivity index (χ4n) is 2.81. The van der Waals surface area contributed by atoms with Crippen LogP contribution in [0.5, 0.6) is 0 Å².